The van der Waals surface area contributed by atoms with Gasteiger partial charge in [-0.25, -0.2) is 8.42 Å². The lowest BCUT2D eigenvalue weighted by atomic mass is 10.3. The van der Waals surface area contributed by atoms with E-state index in [4.69, 9.17) is 4.74 Å². The molecule has 1 aromatic heterocycles. The predicted octanol–water partition coefficient (Wildman–Crippen LogP) is 1.60. The Kier molecular flexibility index (Phi) is 5.36. The van der Waals surface area contributed by atoms with Crippen LogP contribution in [0, 0.1) is 0 Å². The summed E-state index contributed by atoms with van der Waals surface area (Å²) in [6, 6.07) is 10.7. The SMILES string of the molecule is COc1ccccc1S(=O)(=O)N1CCN(c2ccc(N3CCCC3)nn2)CC1. The van der Waals surface area contributed by atoms with E-state index in [0.29, 0.717) is 31.9 Å². The maximum Gasteiger partial charge on any atom is 0.246 e. The van der Waals surface area contributed by atoms with Crippen LogP contribution in [0.5, 0.6) is 5.75 Å². The molecule has 0 aliphatic carbocycles. The van der Waals surface area contributed by atoms with Crippen molar-refractivity contribution in [3.8, 4) is 5.75 Å². The quantitative estimate of drug-likeness (QED) is 0.750. The molecule has 150 valence electrons. The van der Waals surface area contributed by atoms with E-state index >= 15 is 0 Å². The van der Waals surface area contributed by atoms with Gasteiger partial charge >= 0.3 is 0 Å². The van der Waals surface area contributed by atoms with Crippen molar-refractivity contribution < 1.29 is 13.2 Å². The van der Waals surface area contributed by atoms with Gasteiger partial charge in [-0.05, 0) is 37.1 Å². The van der Waals surface area contributed by atoms with Crippen molar-refractivity contribution in [2.75, 3.05) is 56.2 Å². The molecule has 0 N–H and O–H groups in total. The highest BCUT2D eigenvalue weighted by atomic mass is 32.2. The van der Waals surface area contributed by atoms with Gasteiger partial charge in [-0.3, -0.25) is 0 Å². The van der Waals surface area contributed by atoms with Crippen molar-refractivity contribution in [1.82, 2.24) is 14.5 Å². The van der Waals surface area contributed by atoms with Crippen LogP contribution in [0.15, 0.2) is 41.3 Å². The van der Waals surface area contributed by atoms with Crippen LogP contribution in [0.2, 0.25) is 0 Å². The fourth-order valence-electron chi connectivity index (χ4n) is 3.73. The number of sulfonamides is 1. The van der Waals surface area contributed by atoms with E-state index in [1.54, 1.807) is 24.3 Å². The maximum atomic E-state index is 13.0. The summed E-state index contributed by atoms with van der Waals surface area (Å²) in [4.78, 5) is 4.53. The van der Waals surface area contributed by atoms with E-state index in [1.165, 1.54) is 24.3 Å². The van der Waals surface area contributed by atoms with Crippen LogP contribution in [0.3, 0.4) is 0 Å². The minimum atomic E-state index is -3.59. The van der Waals surface area contributed by atoms with E-state index in [-0.39, 0.29) is 4.90 Å². The second-order valence-electron chi connectivity index (χ2n) is 6.99. The average molecular weight is 404 g/mol. The first-order valence-corrected chi connectivity index (χ1v) is 11.0. The molecule has 0 unspecified atom stereocenters. The lowest BCUT2D eigenvalue weighted by molar-refractivity contribution is 0.373. The fraction of sp³-hybridized carbons (Fsp3) is 0.474. The number of benzene rings is 1. The zero-order chi connectivity index (χ0) is 19.6. The number of nitrogens with zero attached hydrogens (tertiary/aromatic N) is 5. The summed E-state index contributed by atoms with van der Waals surface area (Å²) < 4.78 is 32.7. The van der Waals surface area contributed by atoms with Crippen LogP contribution in [0.25, 0.3) is 0 Å². The number of hydrogen-bond acceptors (Lipinski definition) is 7. The Morgan fingerprint density at radius 1 is 0.821 bits per heavy atom. The first kappa shape index (κ1) is 18.9. The van der Waals surface area contributed by atoms with Gasteiger partial charge in [-0.15, -0.1) is 10.2 Å². The minimum absolute atomic E-state index is 0.209. The predicted molar refractivity (Wildman–Crippen MR) is 107 cm³/mol. The van der Waals surface area contributed by atoms with Crippen molar-refractivity contribution in [1.29, 1.82) is 0 Å². The standard InChI is InChI=1S/C19H25N5O3S/c1-27-16-6-2-3-7-17(16)28(25,26)24-14-12-23(13-15-24)19-9-8-18(20-21-19)22-10-4-5-11-22/h2-3,6-9H,4-5,10-15H2,1H3. The number of hydrogen-bond donors (Lipinski definition) is 0. The summed E-state index contributed by atoms with van der Waals surface area (Å²) in [5, 5.41) is 8.73. The third-order valence-electron chi connectivity index (χ3n) is 5.32. The molecule has 0 radical (unpaired) electrons. The summed E-state index contributed by atoms with van der Waals surface area (Å²) in [5.74, 6) is 2.07. The van der Waals surface area contributed by atoms with Crippen LogP contribution in [-0.2, 0) is 10.0 Å². The number of aromatic nitrogens is 2. The molecule has 0 bridgehead atoms. The highest BCUT2D eigenvalue weighted by molar-refractivity contribution is 7.89. The second kappa shape index (κ2) is 7.92. The molecule has 2 aliphatic heterocycles. The molecule has 0 saturated carbocycles. The lowest BCUT2D eigenvalue weighted by Crippen LogP contribution is -2.49. The Morgan fingerprint density at radius 3 is 1.96 bits per heavy atom. The Bertz CT molecular complexity index is 905. The summed E-state index contributed by atoms with van der Waals surface area (Å²) >= 11 is 0. The number of methoxy groups -OCH3 is 1. The fourth-order valence-corrected chi connectivity index (χ4v) is 5.31. The summed E-state index contributed by atoms with van der Waals surface area (Å²) in [6.45, 7) is 4.02. The maximum absolute atomic E-state index is 13.0. The van der Waals surface area contributed by atoms with E-state index in [2.05, 4.69) is 20.0 Å². The normalized spacial score (nSPS) is 18.5. The largest absolute Gasteiger partial charge is 0.495 e. The van der Waals surface area contributed by atoms with Gasteiger partial charge < -0.3 is 14.5 Å². The molecule has 0 atom stereocenters. The van der Waals surface area contributed by atoms with E-state index in [1.807, 2.05) is 12.1 Å². The first-order valence-electron chi connectivity index (χ1n) is 9.56. The van der Waals surface area contributed by atoms with Crippen LogP contribution in [0.1, 0.15) is 12.8 Å². The molecule has 0 spiro atoms. The van der Waals surface area contributed by atoms with E-state index < -0.39 is 10.0 Å². The van der Waals surface area contributed by atoms with Crippen LogP contribution >= 0.6 is 0 Å². The van der Waals surface area contributed by atoms with Crippen molar-refractivity contribution in [3.05, 3.63) is 36.4 Å². The topological polar surface area (TPSA) is 78.9 Å². The van der Waals surface area contributed by atoms with Gasteiger partial charge in [0.25, 0.3) is 0 Å². The molecule has 2 aliphatic rings. The van der Waals surface area contributed by atoms with Crippen molar-refractivity contribution in [3.63, 3.8) is 0 Å². The molecule has 8 nitrogen and oxygen atoms in total. The van der Waals surface area contributed by atoms with Crippen LogP contribution in [0.4, 0.5) is 11.6 Å². The highest BCUT2D eigenvalue weighted by Gasteiger charge is 2.31. The summed E-state index contributed by atoms with van der Waals surface area (Å²) in [7, 11) is -2.11. The Hall–Kier alpha value is -2.39. The molecular weight excluding hydrogens is 378 g/mol. The molecule has 3 heterocycles. The summed E-state index contributed by atoms with van der Waals surface area (Å²) in [6.07, 6.45) is 2.40. The molecule has 4 rings (SSSR count). The van der Waals surface area contributed by atoms with Gasteiger partial charge in [0, 0.05) is 39.3 Å². The van der Waals surface area contributed by atoms with Crippen molar-refractivity contribution in [2.24, 2.45) is 0 Å². The van der Waals surface area contributed by atoms with Gasteiger partial charge in [0.2, 0.25) is 10.0 Å². The molecular formula is C19H25N5O3S. The lowest BCUT2D eigenvalue weighted by Gasteiger charge is -2.34. The number of ether oxygens (including phenoxy) is 1. The minimum Gasteiger partial charge on any atom is -0.495 e. The zero-order valence-corrected chi connectivity index (χ0v) is 16.8. The van der Waals surface area contributed by atoms with Crippen molar-refractivity contribution in [2.45, 2.75) is 17.7 Å². The monoisotopic (exact) mass is 403 g/mol. The molecule has 2 fully saturated rings. The number of piperazine rings is 1. The van der Waals surface area contributed by atoms with Crippen molar-refractivity contribution >= 4 is 21.7 Å². The molecule has 1 aromatic carbocycles. The number of para-hydroxylation sites is 1. The molecule has 0 amide bonds. The molecule has 2 saturated heterocycles. The summed E-state index contributed by atoms with van der Waals surface area (Å²) in [5.41, 5.74) is 0. The number of rotatable bonds is 5. The van der Waals surface area contributed by atoms with Gasteiger partial charge in [-0.1, -0.05) is 12.1 Å². The molecule has 28 heavy (non-hydrogen) atoms. The molecule has 9 heteroatoms. The first-order chi connectivity index (χ1) is 13.6. The van der Waals surface area contributed by atoms with Gasteiger partial charge in [0.15, 0.2) is 11.6 Å². The zero-order valence-electron chi connectivity index (χ0n) is 16.0. The Morgan fingerprint density at radius 2 is 1.39 bits per heavy atom. The van der Waals surface area contributed by atoms with Gasteiger partial charge in [-0.2, -0.15) is 4.31 Å². The van der Waals surface area contributed by atoms with E-state index in [9.17, 15) is 8.42 Å². The second-order valence-corrected chi connectivity index (χ2v) is 8.89. The highest BCUT2D eigenvalue weighted by Crippen LogP contribution is 2.27. The van der Waals surface area contributed by atoms with Gasteiger partial charge in [0.05, 0.1) is 7.11 Å². The third kappa shape index (κ3) is 3.64. The van der Waals surface area contributed by atoms with E-state index in [0.717, 1.165) is 24.7 Å². The van der Waals surface area contributed by atoms with Crippen LogP contribution in [-0.4, -0.2) is 69.3 Å². The third-order valence-corrected chi connectivity index (χ3v) is 7.25. The van der Waals surface area contributed by atoms with Crippen LogP contribution < -0.4 is 14.5 Å². The Labute approximate surface area is 165 Å². The smallest absolute Gasteiger partial charge is 0.246 e. The average Bonchev–Trinajstić information content (AvgIpc) is 3.29. The molecule has 2 aromatic rings. The Balaban J connectivity index is 1.43. The van der Waals surface area contributed by atoms with Gasteiger partial charge in [0.1, 0.15) is 10.6 Å². The number of anilines is 2.